The number of nitrogens with one attached hydrogen (secondary N) is 2. The van der Waals surface area contributed by atoms with E-state index in [4.69, 9.17) is 4.74 Å². The van der Waals surface area contributed by atoms with E-state index in [0.717, 1.165) is 29.0 Å². The van der Waals surface area contributed by atoms with Crippen molar-refractivity contribution in [1.29, 1.82) is 0 Å². The molecule has 1 atom stereocenters. The first-order chi connectivity index (χ1) is 11.6. The van der Waals surface area contributed by atoms with Crippen LogP contribution in [0.15, 0.2) is 48.5 Å². The number of para-hydroxylation sites is 1. The van der Waals surface area contributed by atoms with Crippen LogP contribution in [-0.4, -0.2) is 18.4 Å². The van der Waals surface area contributed by atoms with Gasteiger partial charge in [0.1, 0.15) is 5.75 Å². The molecule has 3 rings (SSSR count). The maximum atomic E-state index is 12.3. The number of carbonyl (C=O) groups excluding carboxylic acids is 2. The lowest BCUT2D eigenvalue weighted by Gasteiger charge is -2.26. The molecule has 2 aromatic carbocycles. The zero-order valence-corrected chi connectivity index (χ0v) is 13.5. The summed E-state index contributed by atoms with van der Waals surface area (Å²) >= 11 is 0. The van der Waals surface area contributed by atoms with Crippen molar-refractivity contribution in [3.63, 3.8) is 0 Å². The van der Waals surface area contributed by atoms with Crippen molar-refractivity contribution in [3.8, 4) is 5.75 Å². The fraction of sp³-hybridized carbons (Fsp3) is 0.263. The molecule has 24 heavy (non-hydrogen) atoms. The number of amides is 2. The van der Waals surface area contributed by atoms with Gasteiger partial charge >= 0.3 is 0 Å². The summed E-state index contributed by atoms with van der Waals surface area (Å²) in [4.78, 5) is 23.3. The second-order valence-electron chi connectivity index (χ2n) is 5.85. The second-order valence-corrected chi connectivity index (χ2v) is 5.85. The molecule has 0 fully saturated rings. The molecular formula is C19H20N2O3. The van der Waals surface area contributed by atoms with Gasteiger partial charge in [-0.3, -0.25) is 9.59 Å². The maximum Gasteiger partial charge on any atom is 0.224 e. The minimum absolute atomic E-state index is 0.0129. The van der Waals surface area contributed by atoms with Gasteiger partial charge in [0.25, 0.3) is 0 Å². The van der Waals surface area contributed by atoms with Crippen LogP contribution in [0.5, 0.6) is 5.75 Å². The SMILES string of the molecule is CC(=O)Nc1ccc(CC(=O)N[C@@H]2CCOc3ccccc32)cc1. The van der Waals surface area contributed by atoms with E-state index in [-0.39, 0.29) is 17.9 Å². The van der Waals surface area contributed by atoms with Crippen LogP contribution in [0.25, 0.3) is 0 Å². The molecule has 0 saturated carbocycles. The van der Waals surface area contributed by atoms with Gasteiger partial charge in [0, 0.05) is 24.6 Å². The summed E-state index contributed by atoms with van der Waals surface area (Å²) < 4.78 is 5.61. The summed E-state index contributed by atoms with van der Waals surface area (Å²) in [5.74, 6) is 0.705. The topological polar surface area (TPSA) is 67.4 Å². The molecule has 1 aliphatic heterocycles. The molecule has 2 N–H and O–H groups in total. The molecule has 0 radical (unpaired) electrons. The van der Waals surface area contributed by atoms with Crippen molar-refractivity contribution in [2.75, 3.05) is 11.9 Å². The van der Waals surface area contributed by atoms with Crippen LogP contribution in [0, 0.1) is 0 Å². The quantitative estimate of drug-likeness (QED) is 0.909. The predicted molar refractivity (Wildman–Crippen MR) is 91.9 cm³/mol. The number of anilines is 1. The molecular weight excluding hydrogens is 304 g/mol. The van der Waals surface area contributed by atoms with Gasteiger partial charge in [-0.05, 0) is 23.8 Å². The number of benzene rings is 2. The monoisotopic (exact) mass is 324 g/mol. The van der Waals surface area contributed by atoms with Crippen molar-refractivity contribution < 1.29 is 14.3 Å². The number of ether oxygens (including phenoxy) is 1. The molecule has 2 amide bonds. The summed E-state index contributed by atoms with van der Waals surface area (Å²) in [6, 6.07) is 15.1. The van der Waals surface area contributed by atoms with Crippen molar-refractivity contribution in [1.82, 2.24) is 5.32 Å². The van der Waals surface area contributed by atoms with E-state index in [9.17, 15) is 9.59 Å². The van der Waals surface area contributed by atoms with Gasteiger partial charge in [0.2, 0.25) is 11.8 Å². The van der Waals surface area contributed by atoms with Crippen molar-refractivity contribution in [2.45, 2.75) is 25.8 Å². The highest BCUT2D eigenvalue weighted by atomic mass is 16.5. The lowest BCUT2D eigenvalue weighted by atomic mass is 10.00. The van der Waals surface area contributed by atoms with E-state index in [0.29, 0.717) is 13.0 Å². The Balaban J connectivity index is 1.61. The van der Waals surface area contributed by atoms with Gasteiger partial charge in [-0.2, -0.15) is 0 Å². The van der Waals surface area contributed by atoms with Crippen LogP contribution >= 0.6 is 0 Å². The van der Waals surface area contributed by atoms with E-state index in [1.54, 1.807) is 12.1 Å². The summed E-state index contributed by atoms with van der Waals surface area (Å²) in [6.45, 7) is 2.07. The molecule has 0 saturated heterocycles. The first-order valence-electron chi connectivity index (χ1n) is 7.99. The number of carbonyl (C=O) groups is 2. The highest BCUT2D eigenvalue weighted by molar-refractivity contribution is 5.88. The molecule has 0 aromatic heterocycles. The molecule has 2 aromatic rings. The zero-order chi connectivity index (χ0) is 16.9. The van der Waals surface area contributed by atoms with Gasteiger partial charge in [0.15, 0.2) is 0 Å². The van der Waals surface area contributed by atoms with Crippen molar-refractivity contribution in [2.24, 2.45) is 0 Å². The summed E-state index contributed by atoms with van der Waals surface area (Å²) in [5, 5.41) is 5.79. The summed E-state index contributed by atoms with van der Waals surface area (Å²) in [7, 11) is 0. The van der Waals surface area contributed by atoms with Gasteiger partial charge in [-0.1, -0.05) is 30.3 Å². The Morgan fingerprint density at radius 3 is 2.62 bits per heavy atom. The smallest absolute Gasteiger partial charge is 0.224 e. The predicted octanol–water partition coefficient (Wildman–Crippen LogP) is 2.83. The Morgan fingerprint density at radius 1 is 1.12 bits per heavy atom. The second kappa shape index (κ2) is 7.17. The van der Waals surface area contributed by atoms with Gasteiger partial charge in [-0.15, -0.1) is 0 Å². The largest absolute Gasteiger partial charge is 0.493 e. The Morgan fingerprint density at radius 2 is 1.88 bits per heavy atom. The minimum atomic E-state index is -0.112. The van der Waals surface area contributed by atoms with E-state index >= 15 is 0 Å². The third kappa shape index (κ3) is 3.93. The molecule has 5 heteroatoms. The Hall–Kier alpha value is -2.82. The number of hydrogen-bond donors (Lipinski definition) is 2. The first-order valence-corrected chi connectivity index (χ1v) is 7.99. The molecule has 0 aliphatic carbocycles. The van der Waals surface area contributed by atoms with E-state index < -0.39 is 0 Å². The average Bonchev–Trinajstić information content (AvgIpc) is 2.56. The number of rotatable bonds is 4. The molecule has 0 unspecified atom stereocenters. The molecule has 0 bridgehead atoms. The maximum absolute atomic E-state index is 12.3. The normalized spacial score (nSPS) is 15.8. The number of fused-ring (bicyclic) bond motifs is 1. The molecule has 5 nitrogen and oxygen atoms in total. The Bertz CT molecular complexity index is 741. The first kappa shape index (κ1) is 16.1. The summed E-state index contributed by atoms with van der Waals surface area (Å²) in [6.07, 6.45) is 1.07. The third-order valence-corrected chi connectivity index (χ3v) is 3.93. The lowest BCUT2D eigenvalue weighted by molar-refractivity contribution is -0.121. The molecule has 1 heterocycles. The average molecular weight is 324 g/mol. The number of hydrogen-bond acceptors (Lipinski definition) is 3. The highest BCUT2D eigenvalue weighted by Crippen LogP contribution is 2.31. The Kier molecular flexibility index (Phi) is 4.79. The van der Waals surface area contributed by atoms with E-state index in [2.05, 4.69) is 10.6 Å². The lowest BCUT2D eigenvalue weighted by Crippen LogP contribution is -2.33. The highest BCUT2D eigenvalue weighted by Gasteiger charge is 2.22. The van der Waals surface area contributed by atoms with Crippen molar-refractivity contribution >= 4 is 17.5 Å². The van der Waals surface area contributed by atoms with E-state index in [1.807, 2.05) is 36.4 Å². The van der Waals surface area contributed by atoms with Gasteiger partial charge in [0.05, 0.1) is 19.1 Å². The summed E-state index contributed by atoms with van der Waals surface area (Å²) in [5.41, 5.74) is 2.66. The van der Waals surface area contributed by atoms with Crippen LogP contribution in [-0.2, 0) is 16.0 Å². The molecule has 1 aliphatic rings. The van der Waals surface area contributed by atoms with Crippen LogP contribution in [0.1, 0.15) is 30.5 Å². The van der Waals surface area contributed by atoms with Gasteiger partial charge in [-0.25, -0.2) is 0 Å². The van der Waals surface area contributed by atoms with E-state index in [1.165, 1.54) is 6.92 Å². The van der Waals surface area contributed by atoms with Crippen molar-refractivity contribution in [3.05, 3.63) is 59.7 Å². The minimum Gasteiger partial charge on any atom is -0.493 e. The Labute approximate surface area is 141 Å². The van der Waals surface area contributed by atoms with Crippen LogP contribution < -0.4 is 15.4 Å². The molecule has 124 valence electrons. The molecule has 0 spiro atoms. The fourth-order valence-corrected chi connectivity index (χ4v) is 2.83. The van der Waals surface area contributed by atoms with Crippen LogP contribution in [0.4, 0.5) is 5.69 Å². The van der Waals surface area contributed by atoms with Gasteiger partial charge < -0.3 is 15.4 Å². The third-order valence-electron chi connectivity index (χ3n) is 3.93. The standard InChI is InChI=1S/C19H20N2O3/c1-13(22)20-15-8-6-14(7-9-15)12-19(23)21-17-10-11-24-18-5-3-2-4-16(17)18/h2-9,17H,10-12H2,1H3,(H,20,22)(H,21,23)/t17-/m1/s1. The van der Waals surface area contributed by atoms with Crippen LogP contribution in [0.2, 0.25) is 0 Å². The zero-order valence-electron chi connectivity index (χ0n) is 13.5. The fourth-order valence-electron chi connectivity index (χ4n) is 2.83. The van der Waals surface area contributed by atoms with Crippen LogP contribution in [0.3, 0.4) is 0 Å².